The smallest absolute Gasteiger partial charge is 0.358 e. The second kappa shape index (κ2) is 18.3. The number of hydrogen-bond acceptors (Lipinski definition) is 9. The Bertz CT molecular complexity index is 1590. The summed E-state index contributed by atoms with van der Waals surface area (Å²) in [5.41, 5.74) is 4.85. The Morgan fingerprint density at radius 2 is 1.16 bits per heavy atom. The fourth-order valence-electron chi connectivity index (χ4n) is 5.89. The third-order valence-corrected chi connectivity index (χ3v) is 11.1. The molecule has 6 saturated carbocycles. The molecule has 6 fully saturated rings. The van der Waals surface area contributed by atoms with Crippen molar-refractivity contribution in [3.8, 4) is 0 Å². The van der Waals surface area contributed by atoms with E-state index in [1.807, 2.05) is 16.8 Å². The molecule has 282 valence electrons. The molecule has 13 heteroatoms. The summed E-state index contributed by atoms with van der Waals surface area (Å²) in [7, 11) is 4.19. The Hall–Kier alpha value is -3.48. The SMILES string of the molecule is BrC1CCC1.C.C.COC(=O)c1cc(C2CC2)[nH]n1.COC(=O)c1cc(C2CC2)n(C2CCC2)n1.COC(=O)c1cc(C2CC2)nn1C1CCC1. The highest BCUT2D eigenvalue weighted by Crippen LogP contribution is 2.44. The monoisotopic (exact) mass is 772 g/mol. The maximum Gasteiger partial charge on any atom is 0.358 e. The van der Waals surface area contributed by atoms with Crippen LogP contribution in [-0.2, 0) is 14.2 Å². The first kappa shape index (κ1) is 40.3. The quantitative estimate of drug-likeness (QED) is 0.135. The molecule has 12 nitrogen and oxygen atoms in total. The predicted octanol–water partition coefficient (Wildman–Crippen LogP) is 8.82. The Morgan fingerprint density at radius 3 is 1.61 bits per heavy atom. The van der Waals surface area contributed by atoms with Gasteiger partial charge in [0, 0.05) is 34.0 Å². The summed E-state index contributed by atoms with van der Waals surface area (Å²) < 4.78 is 18.0. The van der Waals surface area contributed by atoms with Crippen molar-refractivity contribution in [2.45, 2.75) is 146 Å². The fraction of sp³-hybridized carbons (Fsp3) is 0.684. The van der Waals surface area contributed by atoms with E-state index in [9.17, 15) is 14.4 Å². The van der Waals surface area contributed by atoms with Gasteiger partial charge in [-0.3, -0.25) is 14.5 Å². The van der Waals surface area contributed by atoms with E-state index in [0.29, 0.717) is 46.9 Å². The molecule has 3 aromatic heterocycles. The number of halogens is 1. The van der Waals surface area contributed by atoms with Crippen molar-refractivity contribution in [2.75, 3.05) is 21.3 Å². The fourth-order valence-corrected chi connectivity index (χ4v) is 6.53. The van der Waals surface area contributed by atoms with Crippen LogP contribution in [0.1, 0.15) is 190 Å². The summed E-state index contributed by atoms with van der Waals surface area (Å²) in [4.78, 5) is 34.9. The molecule has 0 amide bonds. The lowest BCUT2D eigenvalue weighted by Gasteiger charge is -2.27. The first-order valence-corrected chi connectivity index (χ1v) is 18.8. The van der Waals surface area contributed by atoms with Gasteiger partial charge in [-0.15, -0.1) is 0 Å². The minimum absolute atomic E-state index is 0. The van der Waals surface area contributed by atoms with Gasteiger partial charge in [0.25, 0.3) is 0 Å². The Morgan fingerprint density at radius 1 is 0.647 bits per heavy atom. The number of hydrogen-bond donors (Lipinski definition) is 1. The standard InChI is InChI=1S/2C12H16N2O2.C8H10N2O2.C4H7Br.2CH4/c1-16-12(15)10-7-11(8-5-6-8)14(13-10)9-3-2-4-9;1-16-12(15)11-7-10(8-5-6-8)13-14(11)9-3-2-4-9;1-12-8(11)7-4-6(9-10-7)5-2-3-5;5-4-2-1-3-4;;/h2*7-9H,2-6H2,1H3;4-5H,2-3H2,1H3,(H,9,10);4H,1-3H2;2*1H4. The molecule has 0 bridgehead atoms. The molecular formula is C38H57BrN6O6. The number of nitrogens with zero attached hydrogens (tertiary/aromatic N) is 5. The normalized spacial score (nSPS) is 19.2. The highest BCUT2D eigenvalue weighted by Gasteiger charge is 2.34. The van der Waals surface area contributed by atoms with Crippen molar-refractivity contribution < 1.29 is 28.6 Å². The average Bonchev–Trinajstić information content (AvgIpc) is 4.02. The number of carbonyl (C=O) groups excluding carboxylic acids is 3. The third-order valence-electron chi connectivity index (χ3n) is 10.2. The van der Waals surface area contributed by atoms with Crippen molar-refractivity contribution in [2.24, 2.45) is 0 Å². The second-order valence-electron chi connectivity index (χ2n) is 14.0. The van der Waals surface area contributed by atoms with Crippen molar-refractivity contribution in [3.05, 3.63) is 52.4 Å². The van der Waals surface area contributed by atoms with E-state index in [2.05, 4.69) is 45.7 Å². The molecular weight excluding hydrogens is 716 g/mol. The maximum absolute atomic E-state index is 11.7. The van der Waals surface area contributed by atoms with Crippen LogP contribution in [-0.4, -0.2) is 73.8 Å². The van der Waals surface area contributed by atoms with Crippen LogP contribution in [0.2, 0.25) is 0 Å². The van der Waals surface area contributed by atoms with Crippen molar-refractivity contribution in [1.29, 1.82) is 0 Å². The van der Waals surface area contributed by atoms with Crippen LogP contribution in [0.5, 0.6) is 0 Å². The summed E-state index contributed by atoms with van der Waals surface area (Å²) in [5.74, 6) is 0.858. The molecule has 0 spiro atoms. The molecule has 51 heavy (non-hydrogen) atoms. The van der Waals surface area contributed by atoms with E-state index in [1.54, 1.807) is 6.07 Å². The summed E-state index contributed by atoms with van der Waals surface area (Å²) >= 11 is 3.46. The van der Waals surface area contributed by atoms with E-state index in [1.165, 1.54) is 110 Å². The van der Waals surface area contributed by atoms with E-state index >= 15 is 0 Å². The summed E-state index contributed by atoms with van der Waals surface area (Å²) in [6, 6.07) is 6.54. The highest BCUT2D eigenvalue weighted by atomic mass is 79.9. The number of aromatic amines is 1. The minimum atomic E-state index is -0.377. The number of nitrogens with one attached hydrogen (secondary N) is 1. The molecule has 9 rings (SSSR count). The minimum Gasteiger partial charge on any atom is -0.464 e. The number of carbonyl (C=O) groups is 3. The molecule has 0 unspecified atom stereocenters. The number of H-pyrrole nitrogens is 1. The molecule has 0 saturated heterocycles. The maximum atomic E-state index is 11.7. The molecule has 0 radical (unpaired) electrons. The van der Waals surface area contributed by atoms with E-state index < -0.39 is 0 Å². The molecule has 0 aliphatic heterocycles. The molecule has 0 atom stereocenters. The van der Waals surface area contributed by atoms with Crippen LogP contribution < -0.4 is 0 Å². The van der Waals surface area contributed by atoms with Gasteiger partial charge >= 0.3 is 17.9 Å². The lowest BCUT2D eigenvalue weighted by atomic mass is 9.93. The first-order valence-electron chi connectivity index (χ1n) is 17.9. The Balaban J connectivity index is 0.000000159. The number of alkyl halides is 1. The van der Waals surface area contributed by atoms with Gasteiger partial charge in [0.15, 0.2) is 11.4 Å². The van der Waals surface area contributed by atoms with Gasteiger partial charge in [-0.1, -0.05) is 37.2 Å². The summed E-state index contributed by atoms with van der Waals surface area (Å²) in [6.07, 6.45) is 18.7. The highest BCUT2D eigenvalue weighted by molar-refractivity contribution is 9.09. The number of methoxy groups -OCH3 is 3. The van der Waals surface area contributed by atoms with E-state index in [0.717, 1.165) is 29.1 Å². The summed E-state index contributed by atoms with van der Waals surface area (Å²) in [5, 5.41) is 15.7. The first-order chi connectivity index (χ1) is 23.8. The van der Waals surface area contributed by atoms with Gasteiger partial charge in [0.1, 0.15) is 5.69 Å². The molecule has 6 aliphatic rings. The van der Waals surface area contributed by atoms with Gasteiger partial charge in [0.05, 0.1) is 39.1 Å². The second-order valence-corrected chi connectivity index (χ2v) is 15.3. The third kappa shape index (κ3) is 10.3. The molecule has 1 N–H and O–H groups in total. The van der Waals surface area contributed by atoms with Gasteiger partial charge < -0.3 is 14.2 Å². The van der Waals surface area contributed by atoms with Crippen molar-refractivity contribution >= 4 is 33.8 Å². The Kier molecular flexibility index (Phi) is 14.5. The van der Waals surface area contributed by atoms with Crippen LogP contribution in [0.3, 0.4) is 0 Å². The number of esters is 3. The van der Waals surface area contributed by atoms with E-state index in [4.69, 9.17) is 9.47 Å². The summed E-state index contributed by atoms with van der Waals surface area (Å²) in [6.45, 7) is 0. The van der Waals surface area contributed by atoms with Crippen LogP contribution in [0, 0.1) is 0 Å². The number of rotatable bonds is 8. The molecule has 0 aromatic carbocycles. The number of ether oxygens (including phenoxy) is 3. The van der Waals surface area contributed by atoms with Gasteiger partial charge in [0.2, 0.25) is 0 Å². The zero-order chi connectivity index (χ0) is 34.5. The van der Waals surface area contributed by atoms with Crippen LogP contribution in [0.4, 0.5) is 0 Å². The topological polar surface area (TPSA) is 143 Å². The Labute approximate surface area is 310 Å². The van der Waals surface area contributed by atoms with Gasteiger partial charge in [-0.05, 0) is 108 Å². The lowest BCUT2D eigenvalue weighted by Crippen LogP contribution is -2.22. The predicted molar refractivity (Wildman–Crippen MR) is 199 cm³/mol. The van der Waals surface area contributed by atoms with E-state index in [-0.39, 0.29) is 32.8 Å². The molecule has 6 aliphatic carbocycles. The van der Waals surface area contributed by atoms with Gasteiger partial charge in [-0.2, -0.15) is 15.3 Å². The largest absolute Gasteiger partial charge is 0.464 e. The average molecular weight is 774 g/mol. The van der Waals surface area contributed by atoms with Crippen molar-refractivity contribution in [1.82, 2.24) is 29.8 Å². The van der Waals surface area contributed by atoms with Crippen LogP contribution >= 0.6 is 15.9 Å². The zero-order valence-electron chi connectivity index (χ0n) is 28.9. The molecule has 3 aromatic rings. The zero-order valence-corrected chi connectivity index (χ0v) is 30.5. The van der Waals surface area contributed by atoms with Crippen LogP contribution in [0.15, 0.2) is 18.2 Å². The van der Waals surface area contributed by atoms with Crippen molar-refractivity contribution in [3.63, 3.8) is 0 Å². The van der Waals surface area contributed by atoms with Crippen LogP contribution in [0.25, 0.3) is 0 Å². The van der Waals surface area contributed by atoms with Gasteiger partial charge in [-0.25, -0.2) is 14.4 Å². The number of aromatic nitrogens is 6. The lowest BCUT2D eigenvalue weighted by molar-refractivity contribution is 0.0573. The molecule has 3 heterocycles.